The van der Waals surface area contributed by atoms with Crippen LogP contribution in [0.25, 0.3) is 10.7 Å². The molecule has 0 unspecified atom stereocenters. The Morgan fingerprint density at radius 1 is 1.62 bits per heavy atom. The summed E-state index contributed by atoms with van der Waals surface area (Å²) in [5, 5.41) is 7.24. The van der Waals surface area contributed by atoms with E-state index in [9.17, 15) is 4.91 Å². The number of hydrogen-bond acceptors (Lipinski definition) is 6. The fourth-order valence-corrected chi connectivity index (χ4v) is 1.67. The highest BCUT2D eigenvalue weighted by Crippen LogP contribution is 2.23. The summed E-state index contributed by atoms with van der Waals surface area (Å²) in [6, 6.07) is 1.72. The van der Waals surface area contributed by atoms with E-state index in [1.54, 1.807) is 12.3 Å². The van der Waals surface area contributed by atoms with Gasteiger partial charge in [-0.2, -0.15) is 4.91 Å². The van der Waals surface area contributed by atoms with Gasteiger partial charge in [-0.05, 0) is 0 Å². The third-order valence-electron chi connectivity index (χ3n) is 1.43. The van der Waals surface area contributed by atoms with E-state index in [0.717, 1.165) is 9.88 Å². The monoisotopic (exact) mass is 195 g/mol. The van der Waals surface area contributed by atoms with Gasteiger partial charge in [-0.1, -0.05) is 10.3 Å². The minimum atomic E-state index is 0.162. The van der Waals surface area contributed by atoms with Gasteiger partial charge in [0.2, 0.25) is 0 Å². The molecule has 6 heteroatoms. The number of nitrogens with zero attached hydrogens (tertiary/aromatic N) is 3. The molecule has 0 aliphatic heterocycles. The SMILES string of the molecule is O=NCc1cnc(-c2ccon2)s1. The number of aromatic nitrogens is 2. The smallest absolute Gasteiger partial charge is 0.145 e. The zero-order valence-electron chi connectivity index (χ0n) is 6.51. The zero-order chi connectivity index (χ0) is 9.10. The maximum absolute atomic E-state index is 9.96. The normalized spacial score (nSPS) is 10.2. The summed E-state index contributed by atoms with van der Waals surface area (Å²) in [5.41, 5.74) is 0.683. The first-order valence-electron chi connectivity index (χ1n) is 3.54. The first-order valence-corrected chi connectivity index (χ1v) is 4.36. The van der Waals surface area contributed by atoms with E-state index < -0.39 is 0 Å². The second-order valence-corrected chi connectivity index (χ2v) is 3.42. The summed E-state index contributed by atoms with van der Waals surface area (Å²) in [6.45, 7) is 0.162. The molecular weight excluding hydrogens is 190 g/mol. The second-order valence-electron chi connectivity index (χ2n) is 2.30. The van der Waals surface area contributed by atoms with Crippen molar-refractivity contribution in [1.29, 1.82) is 0 Å². The Bertz CT molecular complexity index is 396. The fourth-order valence-electron chi connectivity index (χ4n) is 0.885. The van der Waals surface area contributed by atoms with Crippen LogP contribution in [0, 0.1) is 4.91 Å². The highest BCUT2D eigenvalue weighted by Gasteiger charge is 2.06. The predicted octanol–water partition coefficient (Wildman–Crippen LogP) is 2.06. The molecule has 5 nitrogen and oxygen atoms in total. The first kappa shape index (κ1) is 8.06. The van der Waals surface area contributed by atoms with Crippen LogP contribution in [0.3, 0.4) is 0 Å². The number of rotatable bonds is 3. The Labute approximate surface area is 77.4 Å². The topological polar surface area (TPSA) is 68.3 Å². The summed E-state index contributed by atoms with van der Waals surface area (Å²) in [7, 11) is 0. The molecule has 2 heterocycles. The van der Waals surface area contributed by atoms with Crippen LogP contribution in [0.1, 0.15) is 4.88 Å². The molecule has 0 saturated heterocycles. The van der Waals surface area contributed by atoms with Gasteiger partial charge in [0.15, 0.2) is 0 Å². The van der Waals surface area contributed by atoms with Crippen molar-refractivity contribution in [2.24, 2.45) is 5.18 Å². The van der Waals surface area contributed by atoms with Crippen molar-refractivity contribution in [3.8, 4) is 10.7 Å². The van der Waals surface area contributed by atoms with Crippen molar-refractivity contribution in [2.75, 3.05) is 0 Å². The average Bonchev–Trinajstić information content (AvgIpc) is 2.70. The lowest BCUT2D eigenvalue weighted by molar-refractivity contribution is 0.422. The molecule has 0 fully saturated rings. The van der Waals surface area contributed by atoms with Gasteiger partial charge in [0, 0.05) is 12.3 Å². The highest BCUT2D eigenvalue weighted by atomic mass is 32.1. The molecule has 0 atom stereocenters. The largest absolute Gasteiger partial charge is 0.364 e. The molecule has 0 spiro atoms. The molecule has 0 saturated carbocycles. The summed E-state index contributed by atoms with van der Waals surface area (Å²) < 4.78 is 4.67. The van der Waals surface area contributed by atoms with Crippen LogP contribution in [-0.2, 0) is 6.54 Å². The summed E-state index contributed by atoms with van der Waals surface area (Å²) >= 11 is 1.39. The van der Waals surface area contributed by atoms with Crippen LogP contribution in [0.4, 0.5) is 0 Å². The summed E-state index contributed by atoms with van der Waals surface area (Å²) in [4.78, 5) is 14.9. The third-order valence-corrected chi connectivity index (χ3v) is 2.44. The maximum atomic E-state index is 9.96. The Balaban J connectivity index is 2.28. The molecule has 66 valence electrons. The van der Waals surface area contributed by atoms with Crippen molar-refractivity contribution < 1.29 is 4.52 Å². The molecule has 0 bridgehead atoms. The van der Waals surface area contributed by atoms with Gasteiger partial charge >= 0.3 is 0 Å². The Morgan fingerprint density at radius 3 is 3.23 bits per heavy atom. The summed E-state index contributed by atoms with van der Waals surface area (Å²) in [6.07, 6.45) is 3.10. The average molecular weight is 195 g/mol. The molecule has 0 radical (unpaired) electrons. The van der Waals surface area contributed by atoms with Gasteiger partial charge < -0.3 is 4.52 Å². The standard InChI is InChI=1S/C7H5N3O2S/c11-9-4-5-3-8-7(13-5)6-1-2-12-10-6/h1-3H,4H2. The molecule has 2 rings (SSSR count). The molecule has 2 aromatic heterocycles. The lowest BCUT2D eigenvalue weighted by atomic mass is 10.5. The Hall–Kier alpha value is -1.56. The lowest BCUT2D eigenvalue weighted by Gasteiger charge is -1.82. The number of nitroso groups, excluding NO2 is 1. The van der Waals surface area contributed by atoms with E-state index in [2.05, 4.69) is 19.8 Å². The second kappa shape index (κ2) is 3.44. The van der Waals surface area contributed by atoms with E-state index in [1.807, 2.05) is 0 Å². The van der Waals surface area contributed by atoms with E-state index in [-0.39, 0.29) is 6.54 Å². The van der Waals surface area contributed by atoms with Crippen LogP contribution in [0.5, 0.6) is 0 Å². The molecule has 0 aliphatic rings. The molecule has 0 amide bonds. The van der Waals surface area contributed by atoms with E-state index in [4.69, 9.17) is 0 Å². The van der Waals surface area contributed by atoms with Crippen molar-refractivity contribution in [2.45, 2.75) is 6.54 Å². The van der Waals surface area contributed by atoms with Gasteiger partial charge in [0.1, 0.15) is 23.5 Å². The quantitative estimate of drug-likeness (QED) is 0.703. The zero-order valence-corrected chi connectivity index (χ0v) is 7.32. The van der Waals surface area contributed by atoms with Gasteiger partial charge in [0.05, 0.1) is 4.88 Å². The highest BCUT2D eigenvalue weighted by molar-refractivity contribution is 7.14. The van der Waals surface area contributed by atoms with Crippen LogP contribution in [0.15, 0.2) is 28.2 Å². The van der Waals surface area contributed by atoms with Crippen LogP contribution < -0.4 is 0 Å². The van der Waals surface area contributed by atoms with Crippen molar-refractivity contribution in [3.05, 3.63) is 28.3 Å². The minimum Gasteiger partial charge on any atom is -0.364 e. The van der Waals surface area contributed by atoms with E-state index >= 15 is 0 Å². The third kappa shape index (κ3) is 1.62. The van der Waals surface area contributed by atoms with Gasteiger partial charge in [-0.15, -0.1) is 11.3 Å². The van der Waals surface area contributed by atoms with E-state index in [1.165, 1.54) is 17.6 Å². The van der Waals surface area contributed by atoms with Crippen molar-refractivity contribution in [1.82, 2.24) is 10.1 Å². The van der Waals surface area contributed by atoms with Gasteiger partial charge in [-0.25, -0.2) is 4.98 Å². The van der Waals surface area contributed by atoms with E-state index in [0.29, 0.717) is 5.69 Å². The van der Waals surface area contributed by atoms with Crippen LogP contribution >= 0.6 is 11.3 Å². The Kier molecular flexibility index (Phi) is 2.13. The van der Waals surface area contributed by atoms with Crippen molar-refractivity contribution >= 4 is 11.3 Å². The molecular formula is C7H5N3O2S. The van der Waals surface area contributed by atoms with Crippen LogP contribution in [-0.4, -0.2) is 10.1 Å². The predicted molar refractivity (Wildman–Crippen MR) is 47.1 cm³/mol. The molecule has 0 N–H and O–H groups in total. The first-order chi connectivity index (χ1) is 6.40. The Morgan fingerprint density at radius 2 is 2.54 bits per heavy atom. The maximum Gasteiger partial charge on any atom is 0.145 e. The minimum absolute atomic E-state index is 0.162. The number of hydrogen-bond donors (Lipinski definition) is 0. The molecule has 0 aromatic carbocycles. The summed E-state index contributed by atoms with van der Waals surface area (Å²) in [5.74, 6) is 0. The van der Waals surface area contributed by atoms with Gasteiger partial charge in [0.25, 0.3) is 0 Å². The molecule has 0 aliphatic carbocycles. The molecule has 2 aromatic rings. The molecule has 13 heavy (non-hydrogen) atoms. The van der Waals surface area contributed by atoms with Gasteiger partial charge in [-0.3, -0.25) is 0 Å². The van der Waals surface area contributed by atoms with Crippen LogP contribution in [0.2, 0.25) is 0 Å². The number of thiazole rings is 1. The fraction of sp³-hybridized carbons (Fsp3) is 0.143. The van der Waals surface area contributed by atoms with Crippen molar-refractivity contribution in [3.63, 3.8) is 0 Å². The lowest BCUT2D eigenvalue weighted by Crippen LogP contribution is -1.70.